The number of ether oxygens (including phenoxy) is 1. The van der Waals surface area contributed by atoms with Gasteiger partial charge in [-0.25, -0.2) is 9.50 Å². The number of para-hydroxylation sites is 1. The van der Waals surface area contributed by atoms with Crippen LogP contribution in [0.15, 0.2) is 97.1 Å². The number of alkyl halides is 2. The van der Waals surface area contributed by atoms with Gasteiger partial charge in [0.1, 0.15) is 17.0 Å². The van der Waals surface area contributed by atoms with E-state index in [1.54, 1.807) is 34.8 Å². The van der Waals surface area contributed by atoms with Crippen LogP contribution in [0.4, 0.5) is 8.78 Å². The Balaban J connectivity index is 1.55. The van der Waals surface area contributed by atoms with Gasteiger partial charge in [-0.1, -0.05) is 111 Å². The van der Waals surface area contributed by atoms with Gasteiger partial charge in [0.15, 0.2) is 5.65 Å². The van der Waals surface area contributed by atoms with Crippen molar-refractivity contribution in [3.63, 3.8) is 0 Å². The van der Waals surface area contributed by atoms with Gasteiger partial charge >= 0.3 is 6.61 Å². The summed E-state index contributed by atoms with van der Waals surface area (Å²) >= 11 is 6.35. The molecule has 0 spiro atoms. The average molecular weight is 605 g/mol. The molecule has 1 N–H and O–H groups in total. The first-order valence-electron chi connectivity index (χ1n) is 13.8. The maximum Gasteiger partial charge on any atom is 0.387 e. The third kappa shape index (κ3) is 5.00. The topological polar surface area (TPSA) is 60.7 Å². The molecule has 0 radical (unpaired) electrons. The first-order chi connectivity index (χ1) is 20.2. The molecule has 1 aliphatic rings. The van der Waals surface area contributed by atoms with E-state index in [1.807, 2.05) is 36.4 Å². The van der Waals surface area contributed by atoms with E-state index in [0.29, 0.717) is 29.1 Å². The molecule has 0 fully saturated rings. The largest absolute Gasteiger partial charge is 0.434 e. The molecule has 6 nitrogen and oxygen atoms in total. The molecule has 0 unspecified atom stereocenters. The van der Waals surface area contributed by atoms with Crippen molar-refractivity contribution in [3.8, 4) is 5.75 Å². The number of nitrogens with zero attached hydrogens (tertiary/aromatic N) is 3. The fourth-order valence-electron chi connectivity index (χ4n) is 6.05. The van der Waals surface area contributed by atoms with Crippen LogP contribution >= 0.6 is 11.6 Å². The van der Waals surface area contributed by atoms with E-state index >= 15 is 0 Å². The van der Waals surface area contributed by atoms with Crippen LogP contribution in [0.5, 0.6) is 5.75 Å². The van der Waals surface area contributed by atoms with Crippen LogP contribution in [-0.2, 0) is 4.43 Å². The number of hydrogen-bond donors (Lipinski definition) is 1. The Hall–Kier alpha value is -3.63. The summed E-state index contributed by atoms with van der Waals surface area (Å²) in [6.07, 6.45) is -0.466. The number of fused-ring (bicyclic) bond motifs is 3. The fraction of sp³-hybridized carbons (Fsp3) is 0.250. The predicted molar refractivity (Wildman–Crippen MR) is 162 cm³/mol. The Morgan fingerprint density at radius 3 is 2.14 bits per heavy atom. The van der Waals surface area contributed by atoms with E-state index in [-0.39, 0.29) is 15.9 Å². The van der Waals surface area contributed by atoms with Gasteiger partial charge in [-0.3, -0.25) is 0 Å². The Labute approximate surface area is 249 Å². The number of benzene rings is 3. The average Bonchev–Trinajstić information content (AvgIpc) is 3.35. The van der Waals surface area contributed by atoms with Gasteiger partial charge in [-0.05, 0) is 33.6 Å². The summed E-state index contributed by atoms with van der Waals surface area (Å²) in [7, 11) is -2.96. The highest BCUT2D eigenvalue weighted by molar-refractivity contribution is 6.99. The number of hydrogen-bond acceptors (Lipinski definition) is 5. The molecule has 2 aromatic heterocycles. The third-order valence-corrected chi connectivity index (χ3v) is 13.0. The molecular formula is C32H31ClF2N4O2Si. The molecule has 6 rings (SSSR count). The number of aromatic nitrogens is 3. The van der Waals surface area contributed by atoms with Gasteiger partial charge in [0.2, 0.25) is 0 Å². The molecular weight excluding hydrogens is 574 g/mol. The number of halogens is 3. The first kappa shape index (κ1) is 28.5. The van der Waals surface area contributed by atoms with Crippen molar-refractivity contribution in [2.75, 3.05) is 6.54 Å². The Morgan fingerprint density at radius 1 is 0.905 bits per heavy atom. The maximum absolute atomic E-state index is 13.4. The highest BCUT2D eigenvalue weighted by Gasteiger charge is 2.53. The first-order valence-corrected chi connectivity index (χ1v) is 16.1. The SMILES string of the molecule is CC(C)(C)[Si](O[C@@H]1CN[C@H](c2ccccc2OC(F)F)c2c1nc1ccc(Cl)nn21)(c1ccccc1)c1ccccc1. The number of rotatable bonds is 7. The van der Waals surface area contributed by atoms with E-state index in [1.165, 1.54) is 6.07 Å². The molecule has 42 heavy (non-hydrogen) atoms. The summed E-state index contributed by atoms with van der Waals surface area (Å²) in [6, 6.07) is 30.5. The quantitative estimate of drug-likeness (QED) is 0.221. The van der Waals surface area contributed by atoms with Crippen molar-refractivity contribution < 1.29 is 17.9 Å². The minimum Gasteiger partial charge on any atom is -0.434 e. The van der Waals surface area contributed by atoms with Crippen LogP contribution in [0.1, 0.15) is 49.9 Å². The second-order valence-corrected chi connectivity index (χ2v) is 16.0. The minimum atomic E-state index is -2.96. The van der Waals surface area contributed by atoms with Crippen molar-refractivity contribution in [1.82, 2.24) is 19.9 Å². The van der Waals surface area contributed by atoms with Crippen molar-refractivity contribution in [2.45, 2.75) is 44.6 Å². The van der Waals surface area contributed by atoms with E-state index < -0.39 is 27.1 Å². The molecule has 0 aliphatic carbocycles. The summed E-state index contributed by atoms with van der Waals surface area (Å²) in [5.74, 6) is 0.0827. The van der Waals surface area contributed by atoms with Gasteiger partial charge < -0.3 is 14.5 Å². The lowest BCUT2D eigenvalue weighted by Crippen LogP contribution is -2.67. The number of nitrogens with one attached hydrogen (secondary N) is 1. The molecule has 3 aromatic carbocycles. The molecule has 0 saturated carbocycles. The van der Waals surface area contributed by atoms with E-state index in [4.69, 9.17) is 25.7 Å². The molecule has 0 saturated heterocycles. The van der Waals surface area contributed by atoms with Crippen molar-refractivity contribution in [1.29, 1.82) is 0 Å². The van der Waals surface area contributed by atoms with Gasteiger partial charge in [0.05, 0.1) is 17.4 Å². The lowest BCUT2D eigenvalue weighted by Gasteiger charge is -2.46. The van der Waals surface area contributed by atoms with Crippen molar-refractivity contribution in [2.24, 2.45) is 0 Å². The monoisotopic (exact) mass is 604 g/mol. The highest BCUT2D eigenvalue weighted by atomic mass is 35.5. The number of imidazole rings is 1. The highest BCUT2D eigenvalue weighted by Crippen LogP contribution is 2.43. The fourth-order valence-corrected chi connectivity index (χ4v) is 10.8. The van der Waals surface area contributed by atoms with Crippen LogP contribution < -0.4 is 20.4 Å². The van der Waals surface area contributed by atoms with E-state index in [0.717, 1.165) is 10.4 Å². The Bertz CT molecular complexity index is 1660. The zero-order valence-corrected chi connectivity index (χ0v) is 25.2. The van der Waals surface area contributed by atoms with Gasteiger partial charge in [0.25, 0.3) is 8.32 Å². The molecule has 0 amide bonds. The molecule has 1 aliphatic heterocycles. The molecule has 2 atom stereocenters. The third-order valence-electron chi connectivity index (χ3n) is 7.78. The standard InChI is InChI=1S/C32H31ClF2N4O2Si/c1-32(2,3)42(21-12-6-4-7-13-21,22-14-8-5-9-15-22)41-25-20-36-28(23-16-10-11-17-24(23)40-31(34)35)30-29(25)37-27-19-18-26(33)38-39(27)30/h4-19,25,28,31,36H,20H2,1-3H3/t25-,28-/m1/s1. The van der Waals surface area contributed by atoms with Crippen molar-refractivity contribution in [3.05, 3.63) is 119 Å². The molecule has 5 aromatic rings. The zero-order chi connectivity index (χ0) is 29.5. The smallest absolute Gasteiger partial charge is 0.387 e. The summed E-state index contributed by atoms with van der Waals surface area (Å²) in [5, 5.41) is 10.4. The van der Waals surface area contributed by atoms with Crippen LogP contribution in [0.25, 0.3) is 5.65 Å². The normalized spacial score (nSPS) is 17.4. The van der Waals surface area contributed by atoms with E-state index in [2.05, 4.69) is 55.5 Å². The summed E-state index contributed by atoms with van der Waals surface area (Å²) in [5.41, 5.74) is 2.49. The summed E-state index contributed by atoms with van der Waals surface area (Å²) < 4.78 is 40.8. The Kier molecular flexibility index (Phi) is 7.61. The lowest BCUT2D eigenvalue weighted by atomic mass is 9.96. The van der Waals surface area contributed by atoms with Crippen LogP contribution in [0, 0.1) is 0 Å². The van der Waals surface area contributed by atoms with Crippen molar-refractivity contribution >= 4 is 35.9 Å². The summed E-state index contributed by atoms with van der Waals surface area (Å²) in [6.45, 7) is 4.10. The maximum atomic E-state index is 13.4. The minimum absolute atomic E-state index is 0.0827. The van der Waals surface area contributed by atoms with E-state index in [9.17, 15) is 8.78 Å². The molecule has 216 valence electrons. The summed E-state index contributed by atoms with van der Waals surface area (Å²) in [4.78, 5) is 5.01. The van der Waals surface area contributed by atoms with Gasteiger partial charge in [-0.2, -0.15) is 13.9 Å². The second-order valence-electron chi connectivity index (χ2n) is 11.3. The van der Waals surface area contributed by atoms with Crippen LogP contribution in [0.2, 0.25) is 10.2 Å². The second kappa shape index (κ2) is 11.2. The molecule has 0 bridgehead atoms. The van der Waals surface area contributed by atoms with Gasteiger partial charge in [-0.15, -0.1) is 0 Å². The lowest BCUT2D eigenvalue weighted by molar-refractivity contribution is -0.0507. The van der Waals surface area contributed by atoms with Crippen LogP contribution in [-0.4, -0.2) is 36.1 Å². The van der Waals surface area contributed by atoms with Crippen LogP contribution in [0.3, 0.4) is 0 Å². The molecule has 3 heterocycles. The molecule has 10 heteroatoms. The van der Waals surface area contributed by atoms with Gasteiger partial charge in [0, 0.05) is 12.1 Å². The Morgan fingerprint density at radius 2 is 1.52 bits per heavy atom. The predicted octanol–water partition coefficient (Wildman–Crippen LogP) is 6.29. The zero-order valence-electron chi connectivity index (χ0n) is 23.5.